The second-order valence-corrected chi connectivity index (χ2v) is 5.69. The van der Waals surface area contributed by atoms with E-state index in [9.17, 15) is 10.4 Å². The van der Waals surface area contributed by atoms with Gasteiger partial charge in [-0.05, 0) is 36.0 Å². The maximum Gasteiger partial charge on any atom is 0.394 e. The lowest BCUT2D eigenvalue weighted by Crippen LogP contribution is -2.36. The fourth-order valence-corrected chi connectivity index (χ4v) is 2.85. The topological polar surface area (TPSA) is 74.3 Å². The van der Waals surface area contributed by atoms with Crippen molar-refractivity contribution in [1.29, 1.82) is 5.26 Å². The quantitative estimate of drug-likeness (QED) is 0.861. The van der Waals surface area contributed by atoms with Gasteiger partial charge in [0.05, 0.1) is 23.6 Å². The van der Waals surface area contributed by atoms with Crippen molar-refractivity contribution in [1.82, 2.24) is 4.98 Å². The molecule has 0 aliphatic carbocycles. The summed E-state index contributed by atoms with van der Waals surface area (Å²) in [5.74, 6) is 0. The van der Waals surface area contributed by atoms with Crippen LogP contribution in [0.2, 0.25) is 5.28 Å². The zero-order valence-electron chi connectivity index (χ0n) is 12.0. The third-order valence-corrected chi connectivity index (χ3v) is 4.07. The standard InChI is InChI=1S/C16H15ClN4O/c17-16-19-6-3-14(20-16)11-1-2-15(12(9-11)10-18)21-7-4-13(22)5-8-21/h1-3,6,9,13,22H,4-5,7-8H2/p+1. The molecule has 1 aliphatic rings. The van der Waals surface area contributed by atoms with Crippen LogP contribution in [-0.4, -0.2) is 29.3 Å². The molecule has 0 atom stereocenters. The Balaban J connectivity index is 1.93. The number of aliphatic hydroxyl groups is 1. The second kappa shape index (κ2) is 6.30. The number of benzene rings is 1. The molecule has 0 radical (unpaired) electrons. The highest BCUT2D eigenvalue weighted by Crippen LogP contribution is 2.28. The molecule has 2 aromatic rings. The molecule has 112 valence electrons. The van der Waals surface area contributed by atoms with Gasteiger partial charge in [-0.25, -0.2) is 4.98 Å². The van der Waals surface area contributed by atoms with E-state index in [2.05, 4.69) is 20.9 Å². The molecule has 3 rings (SSSR count). The Labute approximate surface area is 133 Å². The number of aliphatic hydroxyl groups excluding tert-OH is 1. The van der Waals surface area contributed by atoms with Crippen LogP contribution in [0.15, 0.2) is 30.5 Å². The van der Waals surface area contributed by atoms with Gasteiger partial charge in [-0.2, -0.15) is 5.26 Å². The fraction of sp³-hybridized carbons (Fsp3) is 0.312. The molecular formula is C16H16ClN4O+. The van der Waals surface area contributed by atoms with E-state index in [4.69, 9.17) is 11.6 Å². The zero-order chi connectivity index (χ0) is 15.5. The van der Waals surface area contributed by atoms with Gasteiger partial charge in [0.25, 0.3) is 0 Å². The summed E-state index contributed by atoms with van der Waals surface area (Å²) in [6, 6.07) is 9.79. The number of anilines is 1. The average Bonchev–Trinajstić information content (AvgIpc) is 2.55. The third kappa shape index (κ3) is 3.03. The molecule has 0 amide bonds. The maximum absolute atomic E-state index is 9.60. The molecular weight excluding hydrogens is 300 g/mol. The van der Waals surface area contributed by atoms with E-state index in [1.165, 1.54) is 0 Å². The van der Waals surface area contributed by atoms with Crippen molar-refractivity contribution in [3.05, 3.63) is 41.3 Å². The van der Waals surface area contributed by atoms with E-state index in [0.29, 0.717) is 10.8 Å². The minimum absolute atomic E-state index is 0.229. The van der Waals surface area contributed by atoms with E-state index in [0.717, 1.165) is 42.9 Å². The molecule has 1 fully saturated rings. The number of H-pyrrole nitrogens is 1. The van der Waals surface area contributed by atoms with E-state index >= 15 is 0 Å². The molecule has 0 bridgehead atoms. The summed E-state index contributed by atoms with van der Waals surface area (Å²) in [4.78, 5) is 9.17. The van der Waals surface area contributed by atoms with Crippen LogP contribution in [0.1, 0.15) is 18.4 Å². The lowest BCUT2D eigenvalue weighted by Gasteiger charge is -2.32. The van der Waals surface area contributed by atoms with Gasteiger partial charge in [0.1, 0.15) is 6.07 Å². The first-order chi connectivity index (χ1) is 10.7. The van der Waals surface area contributed by atoms with Gasteiger partial charge in [0.2, 0.25) is 0 Å². The molecule has 1 aromatic heterocycles. The van der Waals surface area contributed by atoms with Crippen LogP contribution in [0.4, 0.5) is 5.69 Å². The number of nitrogens with zero attached hydrogens (tertiary/aromatic N) is 3. The largest absolute Gasteiger partial charge is 0.394 e. The van der Waals surface area contributed by atoms with Gasteiger partial charge in [-0.3, -0.25) is 0 Å². The molecule has 0 unspecified atom stereocenters. The first kappa shape index (κ1) is 14.8. The van der Waals surface area contributed by atoms with Gasteiger partial charge in [0.15, 0.2) is 5.69 Å². The molecule has 2 N–H and O–H groups in total. The highest BCUT2D eigenvalue weighted by Gasteiger charge is 2.20. The van der Waals surface area contributed by atoms with Crippen LogP contribution >= 0.6 is 11.6 Å². The molecule has 22 heavy (non-hydrogen) atoms. The number of aromatic nitrogens is 2. The highest BCUT2D eigenvalue weighted by atomic mass is 35.5. The Morgan fingerprint density at radius 2 is 2.09 bits per heavy atom. The summed E-state index contributed by atoms with van der Waals surface area (Å²) in [5, 5.41) is 19.4. The molecule has 1 aromatic carbocycles. The van der Waals surface area contributed by atoms with Crippen molar-refractivity contribution in [2.75, 3.05) is 18.0 Å². The van der Waals surface area contributed by atoms with Crippen LogP contribution in [0, 0.1) is 11.3 Å². The summed E-state index contributed by atoms with van der Waals surface area (Å²) in [5.41, 5.74) is 3.10. The number of rotatable bonds is 2. The number of hydrogen-bond donors (Lipinski definition) is 1. The van der Waals surface area contributed by atoms with E-state index < -0.39 is 0 Å². The Bertz CT molecular complexity index is 720. The number of aromatic amines is 1. The molecule has 0 saturated carbocycles. The smallest absolute Gasteiger partial charge is 0.393 e. The van der Waals surface area contributed by atoms with Crippen molar-refractivity contribution in [2.45, 2.75) is 18.9 Å². The Morgan fingerprint density at radius 1 is 1.32 bits per heavy atom. The van der Waals surface area contributed by atoms with Crippen molar-refractivity contribution in [3.63, 3.8) is 0 Å². The molecule has 1 aliphatic heterocycles. The molecule has 2 heterocycles. The number of nitrogens with one attached hydrogen (secondary N) is 1. The number of hydrogen-bond acceptors (Lipinski definition) is 4. The van der Waals surface area contributed by atoms with E-state index in [1.54, 1.807) is 6.20 Å². The predicted molar refractivity (Wildman–Crippen MR) is 83.4 cm³/mol. The lowest BCUT2D eigenvalue weighted by atomic mass is 10.0. The fourth-order valence-electron chi connectivity index (χ4n) is 2.69. The second-order valence-electron chi connectivity index (χ2n) is 5.33. The summed E-state index contributed by atoms with van der Waals surface area (Å²) in [6.45, 7) is 1.53. The highest BCUT2D eigenvalue weighted by molar-refractivity contribution is 6.27. The predicted octanol–water partition coefficient (Wildman–Crippen LogP) is 2.05. The van der Waals surface area contributed by atoms with Crippen LogP contribution in [0.5, 0.6) is 0 Å². The van der Waals surface area contributed by atoms with Crippen LogP contribution in [0.3, 0.4) is 0 Å². The minimum atomic E-state index is -0.229. The van der Waals surface area contributed by atoms with Crippen molar-refractivity contribution >= 4 is 17.3 Å². The maximum atomic E-state index is 9.60. The monoisotopic (exact) mass is 315 g/mol. The van der Waals surface area contributed by atoms with E-state index in [1.807, 2.05) is 24.3 Å². The number of halogens is 1. The van der Waals surface area contributed by atoms with Gasteiger partial charge in [0, 0.05) is 36.3 Å². The Morgan fingerprint density at radius 3 is 2.77 bits per heavy atom. The minimum Gasteiger partial charge on any atom is -0.393 e. The molecule has 6 heteroatoms. The molecule has 5 nitrogen and oxygen atoms in total. The Kier molecular flexibility index (Phi) is 4.23. The van der Waals surface area contributed by atoms with Crippen molar-refractivity contribution in [3.8, 4) is 17.3 Å². The lowest BCUT2D eigenvalue weighted by molar-refractivity contribution is -0.379. The SMILES string of the molecule is N#Cc1cc(-c2cc[nH+]c(Cl)n2)ccc1N1CCC(O)CC1. The van der Waals surface area contributed by atoms with Crippen LogP contribution in [0.25, 0.3) is 11.3 Å². The van der Waals surface area contributed by atoms with Crippen LogP contribution < -0.4 is 9.88 Å². The normalized spacial score (nSPS) is 15.6. The number of piperidine rings is 1. The van der Waals surface area contributed by atoms with Gasteiger partial charge >= 0.3 is 5.28 Å². The summed E-state index contributed by atoms with van der Waals surface area (Å²) >= 11 is 5.87. The van der Waals surface area contributed by atoms with Gasteiger partial charge < -0.3 is 10.0 Å². The van der Waals surface area contributed by atoms with Gasteiger partial charge in [-0.1, -0.05) is 0 Å². The summed E-state index contributed by atoms with van der Waals surface area (Å²) in [7, 11) is 0. The molecule has 0 spiro atoms. The Hall–Kier alpha value is -2.16. The van der Waals surface area contributed by atoms with Crippen LogP contribution in [-0.2, 0) is 0 Å². The van der Waals surface area contributed by atoms with Crippen molar-refractivity contribution in [2.24, 2.45) is 0 Å². The zero-order valence-corrected chi connectivity index (χ0v) is 12.7. The van der Waals surface area contributed by atoms with Crippen molar-refractivity contribution < 1.29 is 10.1 Å². The average molecular weight is 316 g/mol. The third-order valence-electron chi connectivity index (χ3n) is 3.88. The molecule has 1 saturated heterocycles. The summed E-state index contributed by atoms with van der Waals surface area (Å²) in [6.07, 6.45) is 2.96. The van der Waals surface area contributed by atoms with E-state index in [-0.39, 0.29) is 6.10 Å². The number of nitriles is 1. The first-order valence-corrected chi connectivity index (χ1v) is 7.57. The first-order valence-electron chi connectivity index (χ1n) is 7.19. The summed E-state index contributed by atoms with van der Waals surface area (Å²) < 4.78 is 0. The van der Waals surface area contributed by atoms with Gasteiger partial charge in [-0.15, -0.1) is 0 Å².